The molecule has 6 heteroatoms. The van der Waals surface area contributed by atoms with Gasteiger partial charge in [-0.25, -0.2) is 9.97 Å². The molecule has 1 rings (SSSR count). The first-order valence-corrected chi connectivity index (χ1v) is 7.58. The van der Waals surface area contributed by atoms with Gasteiger partial charge in [0.05, 0.1) is 0 Å². The number of anilines is 1. The van der Waals surface area contributed by atoms with Gasteiger partial charge in [0.2, 0.25) is 0 Å². The number of carbonyl (C=O) groups is 1. The van der Waals surface area contributed by atoms with Crippen LogP contribution in [0.25, 0.3) is 0 Å². The predicted octanol–water partition coefficient (Wildman–Crippen LogP) is 1.39. The van der Waals surface area contributed by atoms with E-state index in [-0.39, 0.29) is 5.91 Å². The van der Waals surface area contributed by atoms with E-state index in [1.165, 1.54) is 6.33 Å². The molecule has 6 nitrogen and oxygen atoms in total. The lowest BCUT2D eigenvalue weighted by Crippen LogP contribution is -2.32. The fourth-order valence-corrected chi connectivity index (χ4v) is 2.01. The van der Waals surface area contributed by atoms with Crippen LogP contribution in [0.2, 0.25) is 0 Å². The summed E-state index contributed by atoms with van der Waals surface area (Å²) in [6, 6.07) is 1.77. The van der Waals surface area contributed by atoms with E-state index in [1.807, 2.05) is 19.0 Å². The van der Waals surface area contributed by atoms with E-state index in [0.717, 1.165) is 38.3 Å². The maximum Gasteiger partial charge on any atom is 0.270 e. The van der Waals surface area contributed by atoms with E-state index in [1.54, 1.807) is 6.07 Å². The number of likely N-dealkylation sites (N-methyl/N-ethyl adjacent to an activating group) is 1. The molecule has 1 heterocycles. The molecule has 0 spiro atoms. The maximum atomic E-state index is 12.1. The number of nitrogens with zero attached hydrogens (tertiary/aromatic N) is 4. The number of carbonyl (C=O) groups excluding carboxylic acids is 1. The van der Waals surface area contributed by atoms with Crippen molar-refractivity contribution in [3.05, 3.63) is 18.1 Å². The summed E-state index contributed by atoms with van der Waals surface area (Å²) in [5, 5.41) is 2.87. The number of aromatic nitrogens is 2. The van der Waals surface area contributed by atoms with Crippen molar-refractivity contribution >= 4 is 11.7 Å². The first kappa shape index (κ1) is 17.4. The number of hydrogen-bond acceptors (Lipinski definition) is 5. The third kappa shape index (κ3) is 6.08. The topological polar surface area (TPSA) is 61.4 Å². The van der Waals surface area contributed by atoms with Crippen molar-refractivity contribution in [1.29, 1.82) is 0 Å². The van der Waals surface area contributed by atoms with Crippen LogP contribution in [0.3, 0.4) is 0 Å². The van der Waals surface area contributed by atoms with Gasteiger partial charge in [-0.2, -0.15) is 0 Å². The van der Waals surface area contributed by atoms with Gasteiger partial charge in [-0.3, -0.25) is 4.79 Å². The normalized spacial score (nSPS) is 10.7. The third-order valence-electron chi connectivity index (χ3n) is 3.04. The molecule has 118 valence electrons. The number of amides is 1. The van der Waals surface area contributed by atoms with E-state index >= 15 is 0 Å². The van der Waals surface area contributed by atoms with E-state index in [4.69, 9.17) is 0 Å². The second kappa shape index (κ2) is 9.28. The zero-order valence-corrected chi connectivity index (χ0v) is 13.6. The molecule has 0 unspecified atom stereocenters. The largest absolute Gasteiger partial charge is 0.357 e. The Hall–Kier alpha value is -1.69. The van der Waals surface area contributed by atoms with Crippen LogP contribution in [-0.4, -0.2) is 61.0 Å². The molecule has 0 atom stereocenters. The highest BCUT2D eigenvalue weighted by Crippen LogP contribution is 2.12. The van der Waals surface area contributed by atoms with Crippen molar-refractivity contribution in [1.82, 2.24) is 20.2 Å². The van der Waals surface area contributed by atoms with Gasteiger partial charge >= 0.3 is 0 Å². The monoisotopic (exact) mass is 293 g/mol. The van der Waals surface area contributed by atoms with Crippen LogP contribution in [0.5, 0.6) is 0 Å². The lowest BCUT2D eigenvalue weighted by atomic mass is 10.3. The zero-order chi connectivity index (χ0) is 15.7. The fraction of sp³-hybridized carbons (Fsp3) is 0.667. The quantitative estimate of drug-likeness (QED) is 0.745. The smallest absolute Gasteiger partial charge is 0.270 e. The molecule has 0 saturated carbocycles. The molecule has 0 aliphatic rings. The Bertz CT molecular complexity index is 430. The summed E-state index contributed by atoms with van der Waals surface area (Å²) in [6.45, 7) is 7.57. The summed E-state index contributed by atoms with van der Waals surface area (Å²) in [6.07, 6.45) is 3.57. The van der Waals surface area contributed by atoms with E-state index < -0.39 is 0 Å². The van der Waals surface area contributed by atoms with Gasteiger partial charge in [-0.15, -0.1) is 0 Å². The molecule has 1 aromatic rings. The summed E-state index contributed by atoms with van der Waals surface area (Å²) < 4.78 is 0. The minimum absolute atomic E-state index is 0.145. The van der Waals surface area contributed by atoms with Crippen molar-refractivity contribution in [3.63, 3.8) is 0 Å². The molecule has 1 N–H and O–H groups in total. The van der Waals surface area contributed by atoms with E-state index in [9.17, 15) is 4.79 Å². The average molecular weight is 293 g/mol. The van der Waals surface area contributed by atoms with Gasteiger partial charge in [0, 0.05) is 32.2 Å². The Morgan fingerprint density at radius 1 is 1.14 bits per heavy atom. The van der Waals surface area contributed by atoms with Gasteiger partial charge in [0.15, 0.2) is 0 Å². The van der Waals surface area contributed by atoms with E-state index in [0.29, 0.717) is 12.2 Å². The Morgan fingerprint density at radius 3 is 2.38 bits per heavy atom. The molecule has 0 radical (unpaired) electrons. The average Bonchev–Trinajstić information content (AvgIpc) is 2.46. The van der Waals surface area contributed by atoms with Gasteiger partial charge in [-0.1, -0.05) is 13.8 Å². The lowest BCUT2D eigenvalue weighted by Gasteiger charge is -2.22. The molecule has 0 saturated heterocycles. The highest BCUT2D eigenvalue weighted by Gasteiger charge is 2.12. The van der Waals surface area contributed by atoms with Crippen LogP contribution >= 0.6 is 0 Å². The van der Waals surface area contributed by atoms with Crippen molar-refractivity contribution in [2.45, 2.75) is 26.7 Å². The molecule has 0 bridgehead atoms. The molecule has 1 amide bonds. The molecule has 21 heavy (non-hydrogen) atoms. The molecule has 0 aliphatic heterocycles. The van der Waals surface area contributed by atoms with Crippen LogP contribution in [0.15, 0.2) is 12.4 Å². The Kier molecular flexibility index (Phi) is 7.68. The van der Waals surface area contributed by atoms with Gasteiger partial charge in [0.1, 0.15) is 17.8 Å². The minimum Gasteiger partial charge on any atom is -0.357 e. The lowest BCUT2D eigenvalue weighted by molar-refractivity contribution is 0.0946. The van der Waals surface area contributed by atoms with Gasteiger partial charge < -0.3 is 15.1 Å². The predicted molar refractivity (Wildman–Crippen MR) is 85.7 cm³/mol. The first-order chi connectivity index (χ1) is 10.1. The first-order valence-electron chi connectivity index (χ1n) is 7.58. The highest BCUT2D eigenvalue weighted by atomic mass is 16.1. The van der Waals surface area contributed by atoms with Crippen molar-refractivity contribution in [2.75, 3.05) is 45.2 Å². The second-order valence-corrected chi connectivity index (χ2v) is 5.31. The number of hydrogen-bond donors (Lipinski definition) is 1. The van der Waals surface area contributed by atoms with Crippen molar-refractivity contribution in [2.24, 2.45) is 0 Å². The summed E-state index contributed by atoms with van der Waals surface area (Å²) in [5.41, 5.74) is 0.427. The standard InChI is InChI=1S/C15H27N5O/c1-5-8-20(9-6-2)14-11-13(17-12-18-14)15(21)16-7-10-19(3)4/h11-12H,5-10H2,1-4H3,(H,16,21). The number of nitrogens with one attached hydrogen (secondary N) is 1. The van der Waals surface area contributed by atoms with Crippen LogP contribution in [-0.2, 0) is 0 Å². The fourth-order valence-electron chi connectivity index (χ4n) is 2.01. The van der Waals surface area contributed by atoms with Crippen molar-refractivity contribution < 1.29 is 4.79 Å². The maximum absolute atomic E-state index is 12.1. The van der Waals surface area contributed by atoms with Crippen LogP contribution < -0.4 is 10.2 Å². The summed E-state index contributed by atoms with van der Waals surface area (Å²) in [5.74, 6) is 0.680. The molecular weight excluding hydrogens is 266 g/mol. The van der Waals surface area contributed by atoms with Crippen LogP contribution in [0, 0.1) is 0 Å². The summed E-state index contributed by atoms with van der Waals surface area (Å²) in [7, 11) is 3.95. The summed E-state index contributed by atoms with van der Waals surface area (Å²) in [4.78, 5) is 24.7. The Labute approximate surface area is 127 Å². The van der Waals surface area contributed by atoms with Crippen LogP contribution in [0.4, 0.5) is 5.82 Å². The second-order valence-electron chi connectivity index (χ2n) is 5.31. The molecular formula is C15H27N5O. The molecule has 0 aromatic carbocycles. The van der Waals surface area contributed by atoms with Crippen LogP contribution in [0.1, 0.15) is 37.2 Å². The zero-order valence-electron chi connectivity index (χ0n) is 13.6. The molecule has 0 aliphatic carbocycles. The third-order valence-corrected chi connectivity index (χ3v) is 3.04. The molecule has 0 fully saturated rings. The SMILES string of the molecule is CCCN(CCC)c1cc(C(=O)NCCN(C)C)ncn1. The highest BCUT2D eigenvalue weighted by molar-refractivity contribution is 5.92. The van der Waals surface area contributed by atoms with Gasteiger partial charge in [-0.05, 0) is 26.9 Å². The Morgan fingerprint density at radius 2 is 1.81 bits per heavy atom. The molecule has 1 aromatic heterocycles. The minimum atomic E-state index is -0.145. The van der Waals surface area contributed by atoms with Gasteiger partial charge in [0.25, 0.3) is 5.91 Å². The Balaban J connectivity index is 2.71. The van der Waals surface area contributed by atoms with Crippen molar-refractivity contribution in [3.8, 4) is 0 Å². The van der Waals surface area contributed by atoms with E-state index in [2.05, 4.69) is 34.0 Å². The summed E-state index contributed by atoms with van der Waals surface area (Å²) >= 11 is 0. The number of rotatable bonds is 9.